The first-order chi connectivity index (χ1) is 7.20. The van der Waals surface area contributed by atoms with Crippen LogP contribution in [0.4, 0.5) is 0 Å². The SMILES string of the molecule is COCCn1ncc(Cl)c1C(O)COC. The maximum absolute atomic E-state index is 9.76. The van der Waals surface area contributed by atoms with Gasteiger partial charge in [0.1, 0.15) is 6.10 Å². The molecule has 0 saturated heterocycles. The second-order valence-corrected chi connectivity index (χ2v) is 3.47. The molecule has 1 rings (SSSR count). The van der Waals surface area contributed by atoms with Crippen molar-refractivity contribution >= 4 is 11.6 Å². The molecule has 0 bridgehead atoms. The van der Waals surface area contributed by atoms with E-state index in [1.807, 2.05) is 0 Å². The monoisotopic (exact) mass is 234 g/mol. The molecule has 0 saturated carbocycles. The maximum atomic E-state index is 9.76. The molecule has 1 heterocycles. The Morgan fingerprint density at radius 3 is 2.87 bits per heavy atom. The number of hydrogen-bond acceptors (Lipinski definition) is 4. The molecule has 0 aliphatic carbocycles. The quantitative estimate of drug-likeness (QED) is 0.793. The van der Waals surface area contributed by atoms with Gasteiger partial charge < -0.3 is 14.6 Å². The van der Waals surface area contributed by atoms with Gasteiger partial charge in [-0.15, -0.1) is 0 Å². The first-order valence-electron chi connectivity index (χ1n) is 4.57. The van der Waals surface area contributed by atoms with E-state index in [-0.39, 0.29) is 6.61 Å². The molecule has 0 aromatic carbocycles. The van der Waals surface area contributed by atoms with E-state index in [0.29, 0.717) is 23.9 Å². The van der Waals surface area contributed by atoms with Gasteiger partial charge in [0.2, 0.25) is 0 Å². The summed E-state index contributed by atoms with van der Waals surface area (Å²) in [4.78, 5) is 0. The molecule has 86 valence electrons. The van der Waals surface area contributed by atoms with Gasteiger partial charge in [0.15, 0.2) is 0 Å². The Hall–Kier alpha value is -0.620. The standard InChI is InChI=1S/C9H15ClN2O3/c1-14-4-3-12-9(7(10)5-11-12)8(13)6-15-2/h5,8,13H,3-4,6H2,1-2H3. The molecule has 0 radical (unpaired) electrons. The van der Waals surface area contributed by atoms with Crippen LogP contribution in [0.5, 0.6) is 0 Å². The highest BCUT2D eigenvalue weighted by Crippen LogP contribution is 2.22. The third-order valence-corrected chi connectivity index (χ3v) is 2.27. The summed E-state index contributed by atoms with van der Waals surface area (Å²) >= 11 is 5.91. The normalized spacial score (nSPS) is 13.1. The van der Waals surface area contributed by atoms with Crippen LogP contribution < -0.4 is 0 Å². The zero-order valence-electron chi connectivity index (χ0n) is 8.81. The summed E-state index contributed by atoms with van der Waals surface area (Å²) < 4.78 is 11.4. The van der Waals surface area contributed by atoms with Crippen molar-refractivity contribution in [2.24, 2.45) is 0 Å². The molecule has 0 fully saturated rings. The van der Waals surface area contributed by atoms with Crippen LogP contribution in [0.25, 0.3) is 0 Å². The van der Waals surface area contributed by atoms with Crippen molar-refractivity contribution in [3.63, 3.8) is 0 Å². The van der Waals surface area contributed by atoms with E-state index < -0.39 is 6.10 Å². The number of nitrogens with zero attached hydrogens (tertiary/aromatic N) is 2. The van der Waals surface area contributed by atoms with Crippen LogP contribution in [-0.4, -0.2) is 42.3 Å². The van der Waals surface area contributed by atoms with Crippen molar-refractivity contribution in [1.82, 2.24) is 9.78 Å². The molecule has 0 aliphatic heterocycles. The lowest BCUT2D eigenvalue weighted by Gasteiger charge is -2.12. The summed E-state index contributed by atoms with van der Waals surface area (Å²) in [6, 6.07) is 0. The average Bonchev–Trinajstić information content (AvgIpc) is 2.57. The fraction of sp³-hybridized carbons (Fsp3) is 0.667. The van der Waals surface area contributed by atoms with Gasteiger partial charge in [0.05, 0.1) is 36.7 Å². The Morgan fingerprint density at radius 2 is 2.27 bits per heavy atom. The second-order valence-electron chi connectivity index (χ2n) is 3.06. The van der Waals surface area contributed by atoms with E-state index >= 15 is 0 Å². The molecule has 1 atom stereocenters. The van der Waals surface area contributed by atoms with Crippen molar-refractivity contribution < 1.29 is 14.6 Å². The lowest BCUT2D eigenvalue weighted by Crippen LogP contribution is -2.15. The predicted molar refractivity (Wildman–Crippen MR) is 55.9 cm³/mol. The minimum absolute atomic E-state index is 0.193. The van der Waals surface area contributed by atoms with Crippen LogP contribution in [-0.2, 0) is 16.0 Å². The Morgan fingerprint density at radius 1 is 1.53 bits per heavy atom. The predicted octanol–water partition coefficient (Wildman–Crippen LogP) is 0.863. The van der Waals surface area contributed by atoms with Gasteiger partial charge in [-0.25, -0.2) is 0 Å². The van der Waals surface area contributed by atoms with Crippen LogP contribution in [0, 0.1) is 0 Å². The van der Waals surface area contributed by atoms with Gasteiger partial charge in [-0.2, -0.15) is 5.10 Å². The number of aliphatic hydroxyl groups is 1. The lowest BCUT2D eigenvalue weighted by atomic mass is 10.2. The highest BCUT2D eigenvalue weighted by atomic mass is 35.5. The van der Waals surface area contributed by atoms with E-state index in [1.165, 1.54) is 13.3 Å². The van der Waals surface area contributed by atoms with Gasteiger partial charge in [-0.1, -0.05) is 11.6 Å². The third kappa shape index (κ3) is 3.17. The molecular weight excluding hydrogens is 220 g/mol. The zero-order chi connectivity index (χ0) is 11.3. The summed E-state index contributed by atoms with van der Waals surface area (Å²) in [6.07, 6.45) is 0.743. The Kier molecular flexibility index (Phi) is 5.04. The molecule has 0 amide bonds. The van der Waals surface area contributed by atoms with Gasteiger partial charge in [0, 0.05) is 14.2 Å². The molecule has 0 aliphatic rings. The highest BCUT2D eigenvalue weighted by Gasteiger charge is 2.17. The van der Waals surface area contributed by atoms with E-state index in [2.05, 4.69) is 5.10 Å². The first-order valence-corrected chi connectivity index (χ1v) is 4.95. The number of aromatic nitrogens is 2. The highest BCUT2D eigenvalue weighted by molar-refractivity contribution is 6.31. The Labute approximate surface area is 93.6 Å². The molecular formula is C9H15ClN2O3. The van der Waals surface area contributed by atoms with E-state index in [1.54, 1.807) is 11.8 Å². The van der Waals surface area contributed by atoms with Gasteiger partial charge >= 0.3 is 0 Å². The molecule has 15 heavy (non-hydrogen) atoms. The third-order valence-electron chi connectivity index (χ3n) is 1.98. The summed E-state index contributed by atoms with van der Waals surface area (Å²) in [7, 11) is 3.13. The number of ether oxygens (including phenoxy) is 2. The molecule has 6 heteroatoms. The van der Waals surface area contributed by atoms with Crippen LogP contribution in [0.2, 0.25) is 5.02 Å². The Balaban J connectivity index is 2.78. The van der Waals surface area contributed by atoms with Crippen molar-refractivity contribution in [3.8, 4) is 0 Å². The topological polar surface area (TPSA) is 56.5 Å². The summed E-state index contributed by atoms with van der Waals surface area (Å²) in [5.41, 5.74) is 0.565. The smallest absolute Gasteiger partial charge is 0.120 e. The van der Waals surface area contributed by atoms with E-state index in [0.717, 1.165) is 0 Å². The van der Waals surface area contributed by atoms with Crippen LogP contribution >= 0.6 is 11.6 Å². The number of halogens is 1. The fourth-order valence-corrected chi connectivity index (χ4v) is 1.56. The van der Waals surface area contributed by atoms with Crippen molar-refractivity contribution in [2.75, 3.05) is 27.4 Å². The van der Waals surface area contributed by atoms with Crippen LogP contribution in [0.3, 0.4) is 0 Å². The molecule has 1 aromatic rings. The molecule has 0 spiro atoms. The number of hydrogen-bond donors (Lipinski definition) is 1. The largest absolute Gasteiger partial charge is 0.384 e. The zero-order valence-corrected chi connectivity index (χ0v) is 9.57. The maximum Gasteiger partial charge on any atom is 0.120 e. The van der Waals surface area contributed by atoms with E-state index in [9.17, 15) is 5.11 Å². The second kappa shape index (κ2) is 6.07. The lowest BCUT2D eigenvalue weighted by molar-refractivity contribution is 0.0574. The summed E-state index contributed by atoms with van der Waals surface area (Å²) in [5, 5.41) is 14.2. The molecule has 5 nitrogen and oxygen atoms in total. The number of rotatable bonds is 6. The van der Waals surface area contributed by atoms with Crippen molar-refractivity contribution in [1.29, 1.82) is 0 Å². The molecule has 1 aromatic heterocycles. The van der Waals surface area contributed by atoms with Crippen molar-refractivity contribution in [3.05, 3.63) is 16.9 Å². The van der Waals surface area contributed by atoms with Gasteiger partial charge in [-0.05, 0) is 0 Å². The fourth-order valence-electron chi connectivity index (χ4n) is 1.30. The van der Waals surface area contributed by atoms with Gasteiger partial charge in [-0.3, -0.25) is 4.68 Å². The number of aliphatic hydroxyl groups excluding tert-OH is 1. The van der Waals surface area contributed by atoms with Crippen molar-refractivity contribution in [2.45, 2.75) is 12.6 Å². The average molecular weight is 235 g/mol. The minimum atomic E-state index is -0.762. The van der Waals surface area contributed by atoms with Crippen LogP contribution in [0.15, 0.2) is 6.20 Å². The summed E-state index contributed by atoms with van der Waals surface area (Å²) in [6.45, 7) is 1.27. The first kappa shape index (κ1) is 12.4. The molecule has 1 N–H and O–H groups in total. The number of methoxy groups -OCH3 is 2. The minimum Gasteiger partial charge on any atom is -0.384 e. The van der Waals surface area contributed by atoms with Crippen LogP contribution in [0.1, 0.15) is 11.8 Å². The molecule has 1 unspecified atom stereocenters. The van der Waals surface area contributed by atoms with E-state index in [4.69, 9.17) is 21.1 Å². The Bertz CT molecular complexity index is 304. The van der Waals surface area contributed by atoms with Gasteiger partial charge in [0.25, 0.3) is 0 Å². The summed E-state index contributed by atoms with van der Waals surface area (Å²) in [5.74, 6) is 0.